The molecule has 1 aliphatic heterocycles. The number of nitrogens with one attached hydrogen (secondary N) is 3. The second-order valence-electron chi connectivity index (χ2n) is 1.77. The van der Waals surface area contributed by atoms with Crippen LogP contribution in [0.25, 0.3) is 0 Å². The predicted molar refractivity (Wildman–Crippen MR) is 29.3 cm³/mol. The van der Waals surface area contributed by atoms with Gasteiger partial charge in [-0.05, 0) is 0 Å². The van der Waals surface area contributed by atoms with E-state index in [1.807, 2.05) is 0 Å². The second-order valence-corrected chi connectivity index (χ2v) is 1.77. The maximum Gasteiger partial charge on any atom is 0.320 e. The van der Waals surface area contributed by atoms with Crippen LogP contribution in [0.5, 0.6) is 0 Å². The maximum atomic E-state index is 9.82. The molecule has 1 amide bonds. The Labute approximate surface area is 56.6 Å². The van der Waals surface area contributed by atoms with E-state index < -0.39 is 6.03 Å². The molecule has 7 nitrogen and oxygen atoms in total. The van der Waals surface area contributed by atoms with Gasteiger partial charge >= 0.3 is 6.03 Å². The molecule has 0 aromatic carbocycles. The number of hydrogen-bond donors (Lipinski definition) is 5. The van der Waals surface area contributed by atoms with Gasteiger partial charge in [-0.15, -0.1) is 5.01 Å². The van der Waals surface area contributed by atoms with Crippen LogP contribution in [0.3, 0.4) is 0 Å². The van der Waals surface area contributed by atoms with Crippen molar-refractivity contribution in [2.75, 3.05) is 6.67 Å². The van der Waals surface area contributed by atoms with E-state index >= 15 is 0 Å². The Morgan fingerprint density at radius 2 is 2.40 bits per heavy atom. The first kappa shape index (κ1) is 7.38. The Morgan fingerprint density at radius 1 is 1.70 bits per heavy atom. The van der Waals surface area contributed by atoms with Gasteiger partial charge in [0.15, 0.2) is 0 Å². The maximum absolute atomic E-state index is 9.82. The summed E-state index contributed by atoms with van der Waals surface area (Å²) in [5.41, 5.74) is 6.56. The summed E-state index contributed by atoms with van der Waals surface area (Å²) in [7, 11) is 0. The topological polar surface area (TPSA) is 96.9 Å². The van der Waals surface area contributed by atoms with Gasteiger partial charge in [0.25, 0.3) is 0 Å². The molecule has 0 radical (unpaired) electrons. The molecular formula is C3H8N4O3. The molecule has 1 aliphatic rings. The van der Waals surface area contributed by atoms with Crippen molar-refractivity contribution in [3.8, 4) is 0 Å². The van der Waals surface area contributed by atoms with Gasteiger partial charge in [-0.2, -0.15) is 5.43 Å². The van der Waals surface area contributed by atoms with Crippen molar-refractivity contribution in [3.63, 3.8) is 0 Å². The Bertz CT molecular complexity index is 138. The number of nitrogens with zero attached hydrogens (tertiary/aromatic N) is 1. The zero-order valence-electron chi connectivity index (χ0n) is 5.03. The van der Waals surface area contributed by atoms with Crippen molar-refractivity contribution in [3.05, 3.63) is 0 Å². The first-order valence-electron chi connectivity index (χ1n) is 2.59. The average molecular weight is 148 g/mol. The third-order valence-electron chi connectivity index (χ3n) is 1.08. The molecule has 1 heterocycles. The van der Waals surface area contributed by atoms with Crippen LogP contribution in [0.4, 0.5) is 0 Å². The lowest BCUT2D eigenvalue weighted by Gasteiger charge is -2.23. The van der Waals surface area contributed by atoms with Crippen LogP contribution >= 0.6 is 0 Å². The first-order chi connectivity index (χ1) is 4.67. The molecular weight excluding hydrogens is 140 g/mol. The smallest absolute Gasteiger partial charge is 0.320 e. The highest BCUT2D eigenvalue weighted by Crippen LogP contribution is 2.01. The Morgan fingerprint density at radius 3 is 2.80 bits per heavy atom. The van der Waals surface area contributed by atoms with E-state index in [-0.39, 0.29) is 6.67 Å². The Hall–Kier alpha value is -0.730. The van der Waals surface area contributed by atoms with Crippen molar-refractivity contribution in [1.82, 2.24) is 21.3 Å². The number of hydrogen-bond acceptors (Lipinski definition) is 6. The van der Waals surface area contributed by atoms with Gasteiger partial charge in [-0.25, -0.2) is 5.43 Å². The highest BCUT2D eigenvalue weighted by atomic mass is 16.6. The van der Waals surface area contributed by atoms with Crippen molar-refractivity contribution in [2.24, 2.45) is 0 Å². The zero-order chi connectivity index (χ0) is 7.61. The van der Waals surface area contributed by atoms with Gasteiger partial charge in [0.2, 0.25) is 6.41 Å². The lowest BCUT2D eigenvalue weighted by Crippen LogP contribution is -2.56. The van der Waals surface area contributed by atoms with Gasteiger partial charge in [-0.3, -0.25) is 10.2 Å². The van der Waals surface area contributed by atoms with E-state index in [4.69, 9.17) is 10.2 Å². The normalized spacial score (nSPS) is 24.6. The summed E-state index contributed by atoms with van der Waals surface area (Å²) in [6.45, 7) is 0.117. The fraction of sp³-hybridized carbons (Fsp3) is 0.667. The molecule has 0 atom stereocenters. The van der Waals surface area contributed by atoms with E-state index in [2.05, 4.69) is 16.3 Å². The lowest BCUT2D eigenvalue weighted by atomic mass is 10.8. The lowest BCUT2D eigenvalue weighted by molar-refractivity contribution is -0.272. The molecule has 0 aromatic rings. The largest absolute Gasteiger partial charge is 0.338 e. The first-order valence-corrected chi connectivity index (χ1v) is 2.59. The van der Waals surface area contributed by atoms with Crippen LogP contribution in [0.1, 0.15) is 0 Å². The number of amides is 1. The molecule has 0 unspecified atom stereocenters. The van der Waals surface area contributed by atoms with Crippen molar-refractivity contribution >= 4 is 6.41 Å². The van der Waals surface area contributed by atoms with E-state index in [1.165, 1.54) is 0 Å². The van der Waals surface area contributed by atoms with Gasteiger partial charge < -0.3 is 10.2 Å². The van der Waals surface area contributed by atoms with Crippen LogP contribution < -0.4 is 16.3 Å². The molecule has 1 fully saturated rings. The number of aliphatic hydroxyl groups is 2. The monoisotopic (exact) mass is 148 g/mol. The van der Waals surface area contributed by atoms with Crippen LogP contribution in [0.15, 0.2) is 0 Å². The van der Waals surface area contributed by atoms with Crippen molar-refractivity contribution < 1.29 is 15.0 Å². The number of carbonyl (C=O) groups excluding carboxylic acids is 1. The van der Waals surface area contributed by atoms with E-state index in [1.54, 1.807) is 0 Å². The Kier molecular flexibility index (Phi) is 1.83. The fourth-order valence-corrected chi connectivity index (χ4v) is 0.614. The molecule has 7 heteroatoms. The minimum atomic E-state index is -2.21. The molecule has 10 heavy (non-hydrogen) atoms. The van der Waals surface area contributed by atoms with Crippen molar-refractivity contribution in [2.45, 2.75) is 6.03 Å². The van der Waals surface area contributed by atoms with Crippen LogP contribution in [-0.4, -0.2) is 34.3 Å². The minimum Gasteiger partial charge on any atom is -0.338 e. The third kappa shape index (κ3) is 1.23. The molecule has 0 aromatic heterocycles. The van der Waals surface area contributed by atoms with E-state index in [0.29, 0.717) is 6.41 Å². The number of carbonyl (C=O) groups is 1. The quantitative estimate of drug-likeness (QED) is 0.207. The summed E-state index contributed by atoms with van der Waals surface area (Å²) in [5.74, 6) is 0. The second kappa shape index (κ2) is 2.48. The summed E-state index contributed by atoms with van der Waals surface area (Å²) in [6.07, 6.45) is 0.343. The standard InChI is InChI=1S/C3H8N4O3/c8-2-5-7-1-4-6-3(7,9)10/h2,4,6,9-10H,1H2,(H,5,8). The highest BCUT2D eigenvalue weighted by Gasteiger charge is 2.36. The Balaban J connectivity index is 2.50. The summed E-state index contributed by atoms with van der Waals surface area (Å²) in [6, 6.07) is -2.21. The van der Waals surface area contributed by atoms with Crippen molar-refractivity contribution in [1.29, 1.82) is 0 Å². The van der Waals surface area contributed by atoms with E-state index in [9.17, 15) is 4.79 Å². The van der Waals surface area contributed by atoms with Gasteiger partial charge in [0.1, 0.15) is 0 Å². The van der Waals surface area contributed by atoms with Crippen LogP contribution in [0.2, 0.25) is 0 Å². The van der Waals surface area contributed by atoms with Gasteiger partial charge in [0, 0.05) is 0 Å². The molecule has 58 valence electrons. The van der Waals surface area contributed by atoms with Crippen LogP contribution in [0, 0.1) is 0 Å². The fourth-order valence-electron chi connectivity index (χ4n) is 0.614. The average Bonchev–Trinajstić information content (AvgIpc) is 2.13. The van der Waals surface area contributed by atoms with E-state index in [0.717, 1.165) is 5.01 Å². The summed E-state index contributed by atoms with van der Waals surface area (Å²) < 4.78 is 0. The summed E-state index contributed by atoms with van der Waals surface area (Å²) >= 11 is 0. The number of rotatable bonds is 2. The predicted octanol–water partition coefficient (Wildman–Crippen LogP) is -3.39. The highest BCUT2D eigenvalue weighted by molar-refractivity contribution is 5.45. The molecule has 0 bridgehead atoms. The SMILES string of the molecule is O=CNN1CNNC1(O)O. The molecule has 1 saturated heterocycles. The molecule has 0 spiro atoms. The minimum absolute atomic E-state index is 0.117. The summed E-state index contributed by atoms with van der Waals surface area (Å²) in [4.78, 5) is 9.82. The summed E-state index contributed by atoms with van der Waals surface area (Å²) in [5, 5.41) is 18.6. The molecule has 0 aliphatic carbocycles. The number of hydrazine groups is 2. The third-order valence-corrected chi connectivity index (χ3v) is 1.08. The van der Waals surface area contributed by atoms with Gasteiger partial charge in [-0.1, -0.05) is 0 Å². The van der Waals surface area contributed by atoms with Gasteiger partial charge in [0.05, 0.1) is 6.67 Å². The molecule has 0 saturated carbocycles. The van der Waals surface area contributed by atoms with Crippen LogP contribution in [-0.2, 0) is 4.79 Å². The molecule has 5 N–H and O–H groups in total. The zero-order valence-corrected chi connectivity index (χ0v) is 5.03. The molecule has 1 rings (SSSR count).